The van der Waals surface area contributed by atoms with Crippen LogP contribution in [-0.4, -0.2) is 56.4 Å². The van der Waals surface area contributed by atoms with E-state index in [-0.39, 0.29) is 11.8 Å². The summed E-state index contributed by atoms with van der Waals surface area (Å²) in [5, 5.41) is 13.4. The highest BCUT2D eigenvalue weighted by Gasteiger charge is 2.13. The number of halogens is 1. The average molecular weight is 496 g/mol. The predicted molar refractivity (Wildman–Crippen MR) is 145 cm³/mol. The van der Waals surface area contributed by atoms with E-state index in [0.717, 1.165) is 81.5 Å². The molecule has 1 saturated heterocycles. The molecule has 0 unspecified atom stereocenters. The van der Waals surface area contributed by atoms with Crippen molar-refractivity contribution in [2.24, 2.45) is 0 Å². The Hall–Kier alpha value is -3.42. The third kappa shape index (κ3) is 10.5. The molecule has 194 valence electrons. The van der Waals surface area contributed by atoms with E-state index < -0.39 is 0 Å². The van der Waals surface area contributed by atoms with E-state index in [1.807, 2.05) is 59.5 Å². The van der Waals surface area contributed by atoms with Crippen molar-refractivity contribution in [3.63, 3.8) is 0 Å². The SMILES string of the molecule is CO.COc1ccc(NC(=O)N2CCCCNCCCC2)cc1.Fc1ccc(-c2ccccc2)cc1. The van der Waals surface area contributed by atoms with Crippen LogP contribution in [-0.2, 0) is 0 Å². The largest absolute Gasteiger partial charge is 0.497 e. The van der Waals surface area contributed by atoms with E-state index in [1.54, 1.807) is 19.2 Å². The molecule has 0 aliphatic carbocycles. The van der Waals surface area contributed by atoms with Crippen LogP contribution in [0.2, 0.25) is 0 Å². The van der Waals surface area contributed by atoms with Crippen LogP contribution < -0.4 is 15.4 Å². The lowest BCUT2D eigenvalue weighted by atomic mass is 10.1. The summed E-state index contributed by atoms with van der Waals surface area (Å²) in [6.45, 7) is 3.75. The van der Waals surface area contributed by atoms with Gasteiger partial charge in [0, 0.05) is 25.9 Å². The van der Waals surface area contributed by atoms with Gasteiger partial charge in [0.1, 0.15) is 11.6 Å². The molecule has 0 aromatic heterocycles. The molecule has 7 heteroatoms. The maximum absolute atomic E-state index is 12.6. The number of ether oxygens (including phenoxy) is 1. The number of carbonyl (C=O) groups is 1. The number of urea groups is 1. The first-order valence-corrected chi connectivity index (χ1v) is 12.3. The molecule has 4 rings (SSSR count). The number of nitrogens with zero attached hydrogens (tertiary/aromatic N) is 1. The van der Waals surface area contributed by atoms with Crippen molar-refractivity contribution in [1.29, 1.82) is 0 Å². The zero-order valence-electron chi connectivity index (χ0n) is 21.3. The number of methoxy groups -OCH3 is 1. The van der Waals surface area contributed by atoms with Crippen LogP contribution in [0.5, 0.6) is 5.75 Å². The Morgan fingerprint density at radius 1 is 0.833 bits per heavy atom. The predicted octanol–water partition coefficient (Wildman–Crippen LogP) is 5.79. The molecule has 0 atom stereocenters. The smallest absolute Gasteiger partial charge is 0.321 e. The number of amides is 2. The zero-order valence-corrected chi connectivity index (χ0v) is 21.3. The summed E-state index contributed by atoms with van der Waals surface area (Å²) >= 11 is 0. The Morgan fingerprint density at radius 3 is 1.94 bits per heavy atom. The van der Waals surface area contributed by atoms with Gasteiger partial charge in [-0.2, -0.15) is 0 Å². The van der Waals surface area contributed by atoms with Crippen LogP contribution >= 0.6 is 0 Å². The van der Waals surface area contributed by atoms with E-state index in [0.29, 0.717) is 0 Å². The van der Waals surface area contributed by atoms with E-state index in [9.17, 15) is 9.18 Å². The molecule has 0 spiro atoms. The van der Waals surface area contributed by atoms with Gasteiger partial charge in [-0.05, 0) is 86.3 Å². The lowest BCUT2D eigenvalue weighted by molar-refractivity contribution is 0.208. The molecule has 36 heavy (non-hydrogen) atoms. The third-order valence-electron chi connectivity index (χ3n) is 5.64. The van der Waals surface area contributed by atoms with Crippen LogP contribution in [0.3, 0.4) is 0 Å². The molecule has 6 nitrogen and oxygen atoms in total. The van der Waals surface area contributed by atoms with Crippen molar-refractivity contribution in [3.05, 3.63) is 84.7 Å². The van der Waals surface area contributed by atoms with E-state index >= 15 is 0 Å². The highest BCUT2D eigenvalue weighted by atomic mass is 19.1. The van der Waals surface area contributed by atoms with Gasteiger partial charge in [-0.1, -0.05) is 42.5 Å². The van der Waals surface area contributed by atoms with E-state index in [2.05, 4.69) is 10.6 Å². The van der Waals surface area contributed by atoms with Gasteiger partial charge in [-0.25, -0.2) is 9.18 Å². The van der Waals surface area contributed by atoms with Crippen LogP contribution in [0.4, 0.5) is 14.9 Å². The fourth-order valence-corrected chi connectivity index (χ4v) is 3.70. The second kappa shape index (κ2) is 17.1. The molecule has 1 heterocycles. The fraction of sp³-hybridized carbons (Fsp3) is 0.345. The Labute approximate surface area is 214 Å². The number of rotatable bonds is 3. The fourth-order valence-electron chi connectivity index (χ4n) is 3.70. The third-order valence-corrected chi connectivity index (χ3v) is 5.64. The summed E-state index contributed by atoms with van der Waals surface area (Å²) in [5.41, 5.74) is 2.96. The summed E-state index contributed by atoms with van der Waals surface area (Å²) in [6, 6.07) is 23.9. The summed E-state index contributed by atoms with van der Waals surface area (Å²) in [6.07, 6.45) is 4.32. The maximum Gasteiger partial charge on any atom is 0.321 e. The molecule has 1 fully saturated rings. The first kappa shape index (κ1) is 28.8. The highest BCUT2D eigenvalue weighted by molar-refractivity contribution is 5.89. The Bertz CT molecular complexity index is 973. The maximum atomic E-state index is 12.6. The molecule has 1 aliphatic rings. The van der Waals surface area contributed by atoms with Gasteiger partial charge in [-0.15, -0.1) is 0 Å². The molecule has 0 bridgehead atoms. The molecule has 0 radical (unpaired) electrons. The Balaban J connectivity index is 0.000000260. The normalized spacial score (nSPS) is 13.7. The minimum absolute atomic E-state index is 0.00583. The lowest BCUT2D eigenvalue weighted by Gasteiger charge is -2.24. The Kier molecular flexibility index (Phi) is 13.7. The van der Waals surface area contributed by atoms with Crippen LogP contribution in [0.25, 0.3) is 11.1 Å². The van der Waals surface area contributed by atoms with Crippen molar-refractivity contribution in [2.45, 2.75) is 25.7 Å². The summed E-state index contributed by atoms with van der Waals surface area (Å²) < 4.78 is 17.7. The molecule has 3 aromatic carbocycles. The minimum Gasteiger partial charge on any atom is -0.497 e. The highest BCUT2D eigenvalue weighted by Crippen LogP contribution is 2.18. The minimum atomic E-state index is -0.195. The zero-order chi connectivity index (χ0) is 26.0. The standard InChI is InChI=1S/C16H25N3O2.C12H9F.CH4O/c1-21-15-8-6-14(7-9-15)18-16(20)19-12-4-2-10-17-11-3-5-13-19;13-12-8-6-11(7-9-12)10-4-2-1-3-5-10;1-2/h6-9,17H,2-5,10-13H2,1H3,(H,18,20);1-9H;2H,1H3. The average Bonchev–Trinajstić information content (AvgIpc) is 2.94. The number of carbonyl (C=O) groups excluding carboxylic acids is 1. The van der Waals surface area contributed by atoms with Crippen LogP contribution in [0.15, 0.2) is 78.9 Å². The van der Waals surface area contributed by atoms with Gasteiger partial charge >= 0.3 is 6.03 Å². The van der Waals surface area contributed by atoms with E-state index in [1.165, 1.54) is 12.1 Å². The molecule has 1 aliphatic heterocycles. The molecule has 2 amide bonds. The molecular weight excluding hydrogens is 457 g/mol. The van der Waals surface area contributed by atoms with Gasteiger partial charge in [-0.3, -0.25) is 0 Å². The van der Waals surface area contributed by atoms with Crippen molar-refractivity contribution in [3.8, 4) is 16.9 Å². The van der Waals surface area contributed by atoms with Crippen molar-refractivity contribution in [1.82, 2.24) is 10.2 Å². The van der Waals surface area contributed by atoms with Crippen LogP contribution in [0, 0.1) is 5.82 Å². The molecule has 3 aromatic rings. The van der Waals surface area contributed by atoms with E-state index in [4.69, 9.17) is 9.84 Å². The van der Waals surface area contributed by atoms with Crippen molar-refractivity contribution >= 4 is 11.7 Å². The summed E-state index contributed by atoms with van der Waals surface area (Å²) in [7, 11) is 2.63. The number of hydrogen-bond acceptors (Lipinski definition) is 4. The molecule has 0 saturated carbocycles. The first-order chi connectivity index (χ1) is 17.7. The quantitative estimate of drug-likeness (QED) is 0.430. The van der Waals surface area contributed by atoms with Gasteiger partial charge in [0.2, 0.25) is 0 Å². The number of nitrogens with one attached hydrogen (secondary N) is 2. The Morgan fingerprint density at radius 2 is 1.39 bits per heavy atom. The van der Waals surface area contributed by atoms with Crippen molar-refractivity contribution in [2.75, 3.05) is 45.7 Å². The second-order valence-corrected chi connectivity index (χ2v) is 8.18. The van der Waals surface area contributed by atoms with Gasteiger partial charge < -0.3 is 25.4 Å². The number of aliphatic hydroxyl groups excluding tert-OH is 1. The number of anilines is 1. The number of hydrogen-bond donors (Lipinski definition) is 3. The number of benzene rings is 3. The summed E-state index contributed by atoms with van der Waals surface area (Å²) in [4.78, 5) is 14.3. The summed E-state index contributed by atoms with van der Waals surface area (Å²) in [5.74, 6) is 0.596. The topological polar surface area (TPSA) is 73.8 Å². The van der Waals surface area contributed by atoms with Crippen molar-refractivity contribution < 1.29 is 19.0 Å². The van der Waals surface area contributed by atoms with Gasteiger partial charge in [0.05, 0.1) is 7.11 Å². The van der Waals surface area contributed by atoms with Gasteiger partial charge in [0.25, 0.3) is 0 Å². The molecular formula is C29H38FN3O3. The van der Waals surface area contributed by atoms with Crippen LogP contribution in [0.1, 0.15) is 25.7 Å². The lowest BCUT2D eigenvalue weighted by Crippen LogP contribution is -2.37. The first-order valence-electron chi connectivity index (χ1n) is 12.3. The molecule has 3 N–H and O–H groups in total. The van der Waals surface area contributed by atoms with Gasteiger partial charge in [0.15, 0.2) is 0 Å². The number of aliphatic hydroxyl groups is 1. The second-order valence-electron chi connectivity index (χ2n) is 8.18. The monoisotopic (exact) mass is 495 g/mol.